The van der Waals surface area contributed by atoms with Crippen LogP contribution in [-0.2, 0) is 4.74 Å². The normalized spacial score (nSPS) is 12.2. The summed E-state index contributed by atoms with van der Waals surface area (Å²) >= 11 is 0. The second kappa shape index (κ2) is 9.75. The van der Waals surface area contributed by atoms with Crippen LogP contribution in [0.25, 0.3) is 0 Å². The van der Waals surface area contributed by atoms with Crippen molar-refractivity contribution in [1.29, 1.82) is 0 Å². The summed E-state index contributed by atoms with van der Waals surface area (Å²) in [4.78, 5) is 11.3. The van der Waals surface area contributed by atoms with Gasteiger partial charge in [0.25, 0.3) is 0 Å². The van der Waals surface area contributed by atoms with Crippen molar-refractivity contribution >= 4 is 6.09 Å². The van der Waals surface area contributed by atoms with Gasteiger partial charge >= 0.3 is 6.09 Å². The molecule has 0 bridgehead atoms. The lowest BCUT2D eigenvalue weighted by Gasteiger charge is -2.19. The fourth-order valence-corrected chi connectivity index (χ4v) is 1.29. The summed E-state index contributed by atoms with van der Waals surface area (Å²) in [5, 5.41) is 2.67. The van der Waals surface area contributed by atoms with E-state index in [4.69, 9.17) is 4.74 Å². The quantitative estimate of drug-likeness (QED) is 0.545. The Hall–Kier alpha value is -1.25. The molecular weight excluding hydrogens is 226 g/mol. The minimum absolute atomic E-state index is 0.376. The van der Waals surface area contributed by atoms with E-state index in [9.17, 15) is 4.79 Å². The van der Waals surface area contributed by atoms with E-state index in [0.29, 0.717) is 6.54 Å². The number of rotatable bonds is 7. The van der Waals surface area contributed by atoms with Gasteiger partial charge in [-0.3, -0.25) is 0 Å². The Morgan fingerprint density at radius 2 is 1.83 bits per heavy atom. The standard InChI is InChI=1S/C15H27NO2/c1-5-6-7-8-9-10-11-12-13-16-14(17)18-15(2,3)4/h9-12H,5-8,13H2,1-4H3,(H,16,17)/b10-9?,12-11+. The lowest BCUT2D eigenvalue weighted by Crippen LogP contribution is -2.32. The number of amides is 1. The molecule has 0 unspecified atom stereocenters. The highest BCUT2D eigenvalue weighted by Crippen LogP contribution is 2.06. The molecule has 0 aliphatic carbocycles. The minimum Gasteiger partial charge on any atom is -0.444 e. The Kier molecular flexibility index (Phi) is 9.07. The van der Waals surface area contributed by atoms with Crippen LogP contribution in [0.3, 0.4) is 0 Å². The summed E-state index contributed by atoms with van der Waals surface area (Å²) in [7, 11) is 0. The van der Waals surface area contributed by atoms with Crippen molar-refractivity contribution in [2.24, 2.45) is 0 Å². The summed E-state index contributed by atoms with van der Waals surface area (Å²) in [5.74, 6) is 0. The van der Waals surface area contributed by atoms with Gasteiger partial charge in [-0.25, -0.2) is 4.79 Å². The van der Waals surface area contributed by atoms with Gasteiger partial charge < -0.3 is 10.1 Å². The molecule has 0 aliphatic rings. The average molecular weight is 253 g/mol. The molecule has 0 fully saturated rings. The van der Waals surface area contributed by atoms with E-state index < -0.39 is 5.60 Å². The molecule has 1 amide bonds. The monoisotopic (exact) mass is 253 g/mol. The number of nitrogens with one attached hydrogen (secondary N) is 1. The van der Waals surface area contributed by atoms with E-state index >= 15 is 0 Å². The Bertz CT molecular complexity index is 275. The third-order valence-corrected chi connectivity index (χ3v) is 2.12. The van der Waals surface area contributed by atoms with Crippen molar-refractivity contribution in [2.75, 3.05) is 6.54 Å². The fraction of sp³-hybridized carbons (Fsp3) is 0.667. The van der Waals surface area contributed by atoms with Crippen molar-refractivity contribution in [3.05, 3.63) is 24.3 Å². The van der Waals surface area contributed by atoms with Crippen molar-refractivity contribution in [1.82, 2.24) is 5.32 Å². The number of unbranched alkanes of at least 4 members (excludes halogenated alkanes) is 3. The molecule has 0 saturated carbocycles. The predicted octanol–water partition coefficient (Wildman–Crippen LogP) is 4.20. The Balaban J connectivity index is 3.56. The van der Waals surface area contributed by atoms with Crippen LogP contribution < -0.4 is 5.32 Å². The maximum atomic E-state index is 11.3. The molecule has 3 nitrogen and oxygen atoms in total. The zero-order chi connectivity index (χ0) is 13.9. The summed E-state index contributed by atoms with van der Waals surface area (Å²) in [5.41, 5.74) is -0.438. The minimum atomic E-state index is -0.438. The number of hydrogen-bond acceptors (Lipinski definition) is 2. The lowest BCUT2D eigenvalue weighted by molar-refractivity contribution is 0.0534. The van der Waals surface area contributed by atoms with Gasteiger partial charge in [0.1, 0.15) is 5.60 Å². The maximum Gasteiger partial charge on any atom is 0.407 e. The number of hydrogen-bond donors (Lipinski definition) is 1. The van der Waals surface area contributed by atoms with E-state index in [0.717, 1.165) is 6.42 Å². The highest BCUT2D eigenvalue weighted by Gasteiger charge is 2.14. The number of ether oxygens (including phenoxy) is 1. The van der Waals surface area contributed by atoms with Crippen molar-refractivity contribution in [3.8, 4) is 0 Å². The van der Waals surface area contributed by atoms with Crippen LogP contribution in [0, 0.1) is 0 Å². The molecule has 0 saturated heterocycles. The van der Waals surface area contributed by atoms with Crippen LogP contribution in [0.4, 0.5) is 4.79 Å². The smallest absolute Gasteiger partial charge is 0.407 e. The molecule has 18 heavy (non-hydrogen) atoms. The van der Waals surface area contributed by atoms with Crippen LogP contribution in [-0.4, -0.2) is 18.2 Å². The van der Waals surface area contributed by atoms with Gasteiger partial charge in [-0.1, -0.05) is 44.1 Å². The molecule has 0 atom stereocenters. The first-order chi connectivity index (χ1) is 8.45. The second-order valence-corrected chi connectivity index (χ2v) is 5.23. The highest BCUT2D eigenvalue weighted by molar-refractivity contribution is 5.67. The molecule has 3 heteroatoms. The zero-order valence-corrected chi connectivity index (χ0v) is 12.2. The molecule has 1 N–H and O–H groups in total. The molecule has 0 aliphatic heterocycles. The number of allylic oxidation sites excluding steroid dienone is 3. The van der Waals surface area contributed by atoms with Gasteiger partial charge in [0.2, 0.25) is 0 Å². The van der Waals surface area contributed by atoms with Gasteiger partial charge in [0.15, 0.2) is 0 Å². The van der Waals surface area contributed by atoms with E-state index in [-0.39, 0.29) is 6.09 Å². The summed E-state index contributed by atoms with van der Waals surface area (Å²) in [6.07, 6.45) is 12.6. The third-order valence-electron chi connectivity index (χ3n) is 2.12. The first-order valence-electron chi connectivity index (χ1n) is 6.74. The first kappa shape index (κ1) is 16.8. The molecule has 0 aromatic rings. The molecule has 0 rings (SSSR count). The molecule has 0 spiro atoms. The lowest BCUT2D eigenvalue weighted by atomic mass is 10.2. The molecule has 104 valence electrons. The number of carbonyl (C=O) groups is 1. The fourth-order valence-electron chi connectivity index (χ4n) is 1.29. The van der Waals surface area contributed by atoms with Crippen LogP contribution in [0.2, 0.25) is 0 Å². The maximum absolute atomic E-state index is 11.3. The van der Waals surface area contributed by atoms with Gasteiger partial charge in [-0.2, -0.15) is 0 Å². The largest absolute Gasteiger partial charge is 0.444 e. The van der Waals surface area contributed by atoms with Crippen molar-refractivity contribution in [2.45, 2.75) is 59.0 Å². The first-order valence-corrected chi connectivity index (χ1v) is 6.74. The molecule has 0 aromatic carbocycles. The second-order valence-electron chi connectivity index (χ2n) is 5.23. The summed E-state index contributed by atoms with van der Waals surface area (Å²) < 4.78 is 5.11. The van der Waals surface area contributed by atoms with Crippen molar-refractivity contribution in [3.63, 3.8) is 0 Å². The van der Waals surface area contributed by atoms with Crippen molar-refractivity contribution < 1.29 is 9.53 Å². The third kappa shape index (κ3) is 12.8. The topological polar surface area (TPSA) is 38.3 Å². The number of carbonyl (C=O) groups excluding carboxylic acids is 1. The van der Waals surface area contributed by atoms with Crippen LogP contribution >= 0.6 is 0 Å². The highest BCUT2D eigenvalue weighted by atomic mass is 16.6. The molecule has 0 radical (unpaired) electrons. The van der Waals surface area contributed by atoms with E-state index in [2.05, 4.69) is 18.3 Å². The molecular formula is C15H27NO2. The van der Waals surface area contributed by atoms with Gasteiger partial charge in [0.05, 0.1) is 0 Å². The Morgan fingerprint density at radius 3 is 2.44 bits per heavy atom. The van der Waals surface area contributed by atoms with E-state index in [1.54, 1.807) is 0 Å². The van der Waals surface area contributed by atoms with Crippen LogP contribution in [0.15, 0.2) is 24.3 Å². The van der Waals surface area contributed by atoms with E-state index in [1.165, 1.54) is 19.3 Å². The van der Waals surface area contributed by atoms with Gasteiger partial charge in [0, 0.05) is 6.54 Å². The average Bonchev–Trinajstić information content (AvgIpc) is 2.24. The van der Waals surface area contributed by atoms with Crippen LogP contribution in [0.1, 0.15) is 53.4 Å². The Morgan fingerprint density at radius 1 is 1.17 bits per heavy atom. The SMILES string of the molecule is CCCCCC=C/C=C/CNC(=O)OC(C)(C)C. The van der Waals surface area contributed by atoms with Gasteiger partial charge in [-0.05, 0) is 33.6 Å². The van der Waals surface area contributed by atoms with Crippen LogP contribution in [0.5, 0.6) is 0 Å². The zero-order valence-electron chi connectivity index (χ0n) is 12.2. The molecule has 0 aromatic heterocycles. The summed E-state index contributed by atoms with van der Waals surface area (Å²) in [6, 6.07) is 0. The molecule has 0 heterocycles. The Labute approximate surface area is 111 Å². The van der Waals surface area contributed by atoms with E-state index in [1.807, 2.05) is 39.0 Å². The summed E-state index contributed by atoms with van der Waals surface area (Å²) in [6.45, 7) is 8.24. The van der Waals surface area contributed by atoms with Gasteiger partial charge in [-0.15, -0.1) is 0 Å². The number of alkyl carbamates (subject to hydrolysis) is 1. The predicted molar refractivity (Wildman–Crippen MR) is 76.7 cm³/mol.